The van der Waals surface area contributed by atoms with Gasteiger partial charge in [-0.3, -0.25) is 4.90 Å². The summed E-state index contributed by atoms with van der Waals surface area (Å²) in [6, 6.07) is 1.11. The van der Waals surface area contributed by atoms with Crippen molar-refractivity contribution in [3.8, 4) is 0 Å². The highest BCUT2D eigenvalue weighted by Gasteiger charge is 2.25. The highest BCUT2D eigenvalue weighted by atomic mass is 16.3. The summed E-state index contributed by atoms with van der Waals surface area (Å²) >= 11 is 0. The molecule has 1 N–H and O–H groups in total. The topological polar surface area (TPSA) is 26.7 Å². The van der Waals surface area contributed by atoms with Gasteiger partial charge in [-0.1, -0.05) is 6.08 Å². The van der Waals surface area contributed by atoms with Gasteiger partial charge < -0.3 is 10.0 Å². The van der Waals surface area contributed by atoms with Gasteiger partial charge in [0.05, 0.1) is 0 Å². The Morgan fingerprint density at radius 2 is 2.27 bits per heavy atom. The van der Waals surface area contributed by atoms with Crippen molar-refractivity contribution in [3.63, 3.8) is 0 Å². The third-order valence-electron chi connectivity index (χ3n) is 3.43. The van der Waals surface area contributed by atoms with Gasteiger partial charge in [-0.15, -0.1) is 6.58 Å². The fourth-order valence-corrected chi connectivity index (χ4v) is 2.21. The van der Waals surface area contributed by atoms with Gasteiger partial charge in [0.1, 0.15) is 0 Å². The number of hydrogen-bond acceptors (Lipinski definition) is 3. The van der Waals surface area contributed by atoms with Crippen LogP contribution in [0.1, 0.15) is 19.8 Å². The van der Waals surface area contributed by atoms with Gasteiger partial charge in [-0.25, -0.2) is 0 Å². The summed E-state index contributed by atoms with van der Waals surface area (Å²) in [6.07, 6.45) is 4.03. The molecule has 3 heteroatoms. The first-order valence-corrected chi connectivity index (χ1v) is 5.85. The second-order valence-electron chi connectivity index (χ2n) is 4.53. The van der Waals surface area contributed by atoms with E-state index in [1.54, 1.807) is 0 Å². The SMILES string of the molecule is C=CCN1CCC(C)N(C)CC1CCO. The van der Waals surface area contributed by atoms with Crippen LogP contribution in [0.2, 0.25) is 0 Å². The molecule has 3 nitrogen and oxygen atoms in total. The van der Waals surface area contributed by atoms with E-state index < -0.39 is 0 Å². The van der Waals surface area contributed by atoms with Gasteiger partial charge in [0, 0.05) is 38.3 Å². The predicted molar refractivity (Wildman–Crippen MR) is 64.0 cm³/mol. The van der Waals surface area contributed by atoms with Crippen molar-refractivity contribution in [2.45, 2.75) is 31.8 Å². The van der Waals surface area contributed by atoms with Crippen LogP contribution in [0.5, 0.6) is 0 Å². The molecule has 0 amide bonds. The monoisotopic (exact) mass is 212 g/mol. The molecule has 2 unspecified atom stereocenters. The standard InChI is InChI=1S/C12H24N2O/c1-4-7-14-8-5-11(2)13(3)10-12(14)6-9-15/h4,11-12,15H,1,5-10H2,2-3H3. The lowest BCUT2D eigenvalue weighted by Gasteiger charge is -2.29. The molecule has 1 aliphatic heterocycles. The van der Waals surface area contributed by atoms with E-state index in [0.29, 0.717) is 12.1 Å². The minimum Gasteiger partial charge on any atom is -0.396 e. The Hall–Kier alpha value is -0.380. The molecule has 1 fully saturated rings. The zero-order valence-electron chi connectivity index (χ0n) is 10.0. The molecule has 0 aromatic heterocycles. The smallest absolute Gasteiger partial charge is 0.0446 e. The average molecular weight is 212 g/mol. The first-order valence-electron chi connectivity index (χ1n) is 5.85. The van der Waals surface area contributed by atoms with Crippen LogP contribution in [0.15, 0.2) is 12.7 Å². The van der Waals surface area contributed by atoms with E-state index in [2.05, 4.69) is 30.4 Å². The minimum atomic E-state index is 0.278. The van der Waals surface area contributed by atoms with E-state index in [1.807, 2.05) is 6.08 Å². The second-order valence-corrected chi connectivity index (χ2v) is 4.53. The first-order chi connectivity index (χ1) is 7.19. The maximum Gasteiger partial charge on any atom is 0.0446 e. The number of nitrogens with zero attached hydrogens (tertiary/aromatic N) is 2. The van der Waals surface area contributed by atoms with Gasteiger partial charge in [0.15, 0.2) is 0 Å². The molecule has 0 aromatic rings. The lowest BCUT2D eigenvalue weighted by atomic mass is 10.1. The van der Waals surface area contributed by atoms with Crippen molar-refractivity contribution in [1.29, 1.82) is 0 Å². The molecule has 15 heavy (non-hydrogen) atoms. The normalized spacial score (nSPS) is 30.1. The lowest BCUT2D eigenvalue weighted by Crippen LogP contribution is -2.41. The number of likely N-dealkylation sites (N-methyl/N-ethyl adjacent to an activating group) is 1. The number of hydrogen-bond donors (Lipinski definition) is 1. The van der Waals surface area contributed by atoms with E-state index in [1.165, 1.54) is 6.42 Å². The molecule has 1 rings (SSSR count). The maximum absolute atomic E-state index is 9.08. The van der Waals surface area contributed by atoms with Crippen molar-refractivity contribution in [2.75, 3.05) is 33.3 Å². The molecule has 0 aliphatic carbocycles. The molecule has 0 saturated carbocycles. The average Bonchev–Trinajstić information content (AvgIpc) is 2.33. The van der Waals surface area contributed by atoms with Crippen LogP contribution < -0.4 is 0 Å². The van der Waals surface area contributed by atoms with Crippen LogP contribution in [0, 0.1) is 0 Å². The van der Waals surface area contributed by atoms with E-state index in [9.17, 15) is 0 Å². The Balaban J connectivity index is 2.62. The molecule has 2 atom stereocenters. The number of aliphatic hydroxyl groups is 1. The van der Waals surface area contributed by atoms with E-state index in [4.69, 9.17) is 5.11 Å². The highest BCUT2D eigenvalue weighted by Crippen LogP contribution is 2.15. The van der Waals surface area contributed by atoms with Crippen LogP contribution in [0.25, 0.3) is 0 Å². The van der Waals surface area contributed by atoms with Crippen molar-refractivity contribution in [3.05, 3.63) is 12.7 Å². The molecular formula is C12H24N2O. The quantitative estimate of drug-likeness (QED) is 0.703. The first kappa shape index (κ1) is 12.7. The third-order valence-corrected chi connectivity index (χ3v) is 3.43. The summed E-state index contributed by atoms with van der Waals surface area (Å²) in [6.45, 7) is 9.45. The fraction of sp³-hybridized carbons (Fsp3) is 0.833. The van der Waals surface area contributed by atoms with Crippen molar-refractivity contribution >= 4 is 0 Å². The van der Waals surface area contributed by atoms with Crippen LogP contribution in [-0.4, -0.2) is 60.3 Å². The summed E-state index contributed by atoms with van der Waals surface area (Å²) in [5, 5.41) is 9.08. The summed E-state index contributed by atoms with van der Waals surface area (Å²) in [5.41, 5.74) is 0. The summed E-state index contributed by atoms with van der Waals surface area (Å²) in [4.78, 5) is 4.83. The van der Waals surface area contributed by atoms with Crippen molar-refractivity contribution < 1.29 is 5.11 Å². The Morgan fingerprint density at radius 1 is 1.53 bits per heavy atom. The molecule has 0 bridgehead atoms. The number of aliphatic hydroxyl groups excluding tert-OH is 1. The Kier molecular flexibility index (Phi) is 5.29. The fourth-order valence-electron chi connectivity index (χ4n) is 2.21. The highest BCUT2D eigenvalue weighted by molar-refractivity contribution is 4.85. The van der Waals surface area contributed by atoms with E-state index >= 15 is 0 Å². The van der Waals surface area contributed by atoms with Gasteiger partial charge >= 0.3 is 0 Å². The van der Waals surface area contributed by atoms with Crippen LogP contribution >= 0.6 is 0 Å². The Bertz CT molecular complexity index is 196. The summed E-state index contributed by atoms with van der Waals surface area (Å²) in [5.74, 6) is 0. The molecule has 0 radical (unpaired) electrons. The van der Waals surface area contributed by atoms with Crippen molar-refractivity contribution in [1.82, 2.24) is 9.80 Å². The van der Waals surface area contributed by atoms with Gasteiger partial charge in [0.2, 0.25) is 0 Å². The van der Waals surface area contributed by atoms with Crippen molar-refractivity contribution in [2.24, 2.45) is 0 Å². The van der Waals surface area contributed by atoms with Gasteiger partial charge in [-0.2, -0.15) is 0 Å². The van der Waals surface area contributed by atoms with Crippen LogP contribution in [0.4, 0.5) is 0 Å². The Morgan fingerprint density at radius 3 is 2.87 bits per heavy atom. The molecule has 0 spiro atoms. The third kappa shape index (κ3) is 3.59. The van der Waals surface area contributed by atoms with E-state index in [0.717, 1.165) is 26.1 Å². The lowest BCUT2D eigenvalue weighted by molar-refractivity contribution is 0.157. The number of rotatable bonds is 4. The Labute approximate surface area is 93.4 Å². The van der Waals surface area contributed by atoms with Gasteiger partial charge in [-0.05, 0) is 26.8 Å². The molecule has 1 aliphatic rings. The molecule has 0 aromatic carbocycles. The minimum absolute atomic E-state index is 0.278. The summed E-state index contributed by atoms with van der Waals surface area (Å²) < 4.78 is 0. The molecule has 1 heterocycles. The summed E-state index contributed by atoms with van der Waals surface area (Å²) in [7, 11) is 2.17. The zero-order valence-corrected chi connectivity index (χ0v) is 10.0. The zero-order chi connectivity index (χ0) is 11.3. The molecule has 88 valence electrons. The van der Waals surface area contributed by atoms with Crippen LogP contribution in [0.3, 0.4) is 0 Å². The molecular weight excluding hydrogens is 188 g/mol. The largest absolute Gasteiger partial charge is 0.396 e. The maximum atomic E-state index is 9.08. The predicted octanol–water partition coefficient (Wildman–Crippen LogP) is 0.949. The van der Waals surface area contributed by atoms with Gasteiger partial charge in [0.25, 0.3) is 0 Å². The second kappa shape index (κ2) is 6.26. The molecule has 1 saturated heterocycles. The van der Waals surface area contributed by atoms with E-state index in [-0.39, 0.29) is 6.61 Å². The van der Waals surface area contributed by atoms with Crippen LogP contribution in [-0.2, 0) is 0 Å².